The molecule has 1 atom stereocenters. The van der Waals surface area contributed by atoms with Crippen molar-refractivity contribution in [2.24, 2.45) is 0 Å². The van der Waals surface area contributed by atoms with Crippen molar-refractivity contribution in [1.82, 2.24) is 5.32 Å². The summed E-state index contributed by atoms with van der Waals surface area (Å²) in [5.74, 6) is -0.236. The molecule has 3 aromatic rings. The summed E-state index contributed by atoms with van der Waals surface area (Å²) in [4.78, 5) is 24.4. The van der Waals surface area contributed by atoms with E-state index in [9.17, 15) is 14.9 Å². The van der Waals surface area contributed by atoms with Gasteiger partial charge in [-0.1, -0.05) is 54.1 Å². The normalized spacial score (nSPS) is 11.5. The SMILES string of the molecule is COCCOc1cc([N+](=O)[O-])c(C(=O)NC(Cc2ccc(Cl)cc2)c2ccccc2)cc1OC. The van der Waals surface area contributed by atoms with Gasteiger partial charge in [0.2, 0.25) is 0 Å². The quantitative estimate of drug-likeness (QED) is 0.233. The maximum Gasteiger partial charge on any atom is 0.286 e. The molecule has 0 aromatic heterocycles. The zero-order chi connectivity index (χ0) is 24.5. The molecule has 1 N–H and O–H groups in total. The molecule has 1 unspecified atom stereocenters. The van der Waals surface area contributed by atoms with Crippen LogP contribution in [0.15, 0.2) is 66.7 Å². The van der Waals surface area contributed by atoms with Crippen LogP contribution in [0.2, 0.25) is 5.02 Å². The zero-order valence-corrected chi connectivity index (χ0v) is 19.6. The molecular weight excluding hydrogens is 460 g/mol. The van der Waals surface area contributed by atoms with Crippen molar-refractivity contribution in [1.29, 1.82) is 0 Å². The number of benzene rings is 3. The van der Waals surface area contributed by atoms with Gasteiger partial charge in [-0.05, 0) is 29.7 Å². The molecule has 3 rings (SSSR count). The minimum absolute atomic E-state index is 0.127. The summed E-state index contributed by atoms with van der Waals surface area (Å²) in [5.41, 5.74) is 1.30. The van der Waals surface area contributed by atoms with E-state index in [1.807, 2.05) is 42.5 Å². The summed E-state index contributed by atoms with van der Waals surface area (Å²) in [6.07, 6.45) is 0.468. The monoisotopic (exact) mass is 484 g/mol. The molecule has 0 saturated carbocycles. The van der Waals surface area contributed by atoms with Crippen LogP contribution in [0.25, 0.3) is 0 Å². The molecule has 0 bridgehead atoms. The second-order valence-electron chi connectivity index (χ2n) is 7.39. The molecule has 1 amide bonds. The Labute approximate surface area is 202 Å². The first-order chi connectivity index (χ1) is 16.4. The van der Waals surface area contributed by atoms with Crippen molar-refractivity contribution in [3.63, 3.8) is 0 Å². The number of methoxy groups -OCH3 is 2. The summed E-state index contributed by atoms with van der Waals surface area (Å²) >= 11 is 6.00. The number of nitro groups is 1. The van der Waals surface area contributed by atoms with Gasteiger partial charge in [-0.25, -0.2) is 0 Å². The smallest absolute Gasteiger partial charge is 0.286 e. The fraction of sp³-hybridized carbons (Fsp3) is 0.240. The highest BCUT2D eigenvalue weighted by molar-refractivity contribution is 6.30. The van der Waals surface area contributed by atoms with Gasteiger partial charge in [0.1, 0.15) is 12.2 Å². The Morgan fingerprint density at radius 2 is 1.74 bits per heavy atom. The fourth-order valence-corrected chi connectivity index (χ4v) is 3.55. The molecule has 0 saturated heterocycles. The average molecular weight is 485 g/mol. The molecule has 3 aromatic carbocycles. The van der Waals surface area contributed by atoms with Crippen LogP contribution in [0.3, 0.4) is 0 Å². The Balaban J connectivity index is 1.93. The number of hydrogen-bond donors (Lipinski definition) is 1. The van der Waals surface area contributed by atoms with E-state index in [0.717, 1.165) is 11.1 Å². The van der Waals surface area contributed by atoms with Gasteiger partial charge in [-0.15, -0.1) is 0 Å². The third kappa shape index (κ3) is 6.46. The third-order valence-electron chi connectivity index (χ3n) is 5.13. The van der Waals surface area contributed by atoms with Crippen molar-refractivity contribution >= 4 is 23.2 Å². The number of halogens is 1. The van der Waals surface area contributed by atoms with Gasteiger partial charge in [-0.3, -0.25) is 14.9 Å². The van der Waals surface area contributed by atoms with Crippen molar-refractivity contribution in [3.8, 4) is 11.5 Å². The number of carbonyl (C=O) groups is 1. The highest BCUT2D eigenvalue weighted by Gasteiger charge is 2.27. The fourth-order valence-electron chi connectivity index (χ4n) is 3.42. The van der Waals surface area contributed by atoms with Crippen molar-refractivity contribution < 1.29 is 23.9 Å². The maximum absolute atomic E-state index is 13.3. The second-order valence-corrected chi connectivity index (χ2v) is 7.82. The molecular formula is C25H25ClN2O6. The molecule has 0 aliphatic rings. The van der Waals surface area contributed by atoms with Gasteiger partial charge >= 0.3 is 0 Å². The number of hydrogen-bond acceptors (Lipinski definition) is 6. The molecule has 9 heteroatoms. The van der Waals surface area contributed by atoms with Gasteiger partial charge < -0.3 is 19.5 Å². The Morgan fingerprint density at radius 3 is 2.35 bits per heavy atom. The standard InChI is InChI=1S/C25H25ClN2O6/c1-32-12-13-34-24-16-22(28(30)31)20(15-23(24)33-2)25(29)27-21(18-6-4-3-5-7-18)14-17-8-10-19(26)11-9-17/h3-11,15-16,21H,12-14H2,1-2H3,(H,27,29). The summed E-state index contributed by atoms with van der Waals surface area (Å²) in [6, 6.07) is 18.8. The molecule has 0 radical (unpaired) electrons. The van der Waals surface area contributed by atoms with Gasteiger partial charge in [0.25, 0.3) is 11.6 Å². The van der Waals surface area contributed by atoms with Crippen molar-refractivity contribution in [3.05, 3.63) is 98.6 Å². The molecule has 0 fully saturated rings. The Hall–Kier alpha value is -3.62. The van der Waals surface area contributed by atoms with Crippen LogP contribution in [0, 0.1) is 10.1 Å². The number of nitrogens with zero attached hydrogens (tertiary/aromatic N) is 1. The van der Waals surface area contributed by atoms with E-state index in [-0.39, 0.29) is 29.4 Å². The summed E-state index contributed by atoms with van der Waals surface area (Å²) in [5, 5.41) is 15.3. The highest BCUT2D eigenvalue weighted by atomic mass is 35.5. The summed E-state index contributed by atoms with van der Waals surface area (Å²) in [7, 11) is 2.92. The second kappa shape index (κ2) is 12.0. The molecule has 178 valence electrons. The highest BCUT2D eigenvalue weighted by Crippen LogP contribution is 2.35. The van der Waals surface area contributed by atoms with E-state index in [1.54, 1.807) is 12.1 Å². The first-order valence-electron chi connectivity index (χ1n) is 10.5. The topological polar surface area (TPSA) is 99.9 Å². The molecule has 8 nitrogen and oxygen atoms in total. The zero-order valence-electron chi connectivity index (χ0n) is 18.8. The Kier molecular flexibility index (Phi) is 8.84. The van der Waals surface area contributed by atoms with E-state index >= 15 is 0 Å². The molecule has 0 aliphatic carbocycles. The molecule has 34 heavy (non-hydrogen) atoms. The lowest BCUT2D eigenvalue weighted by molar-refractivity contribution is -0.385. The Bertz CT molecular complexity index is 1120. The maximum atomic E-state index is 13.3. The van der Waals surface area contributed by atoms with Crippen LogP contribution < -0.4 is 14.8 Å². The van der Waals surface area contributed by atoms with Gasteiger partial charge in [0.05, 0.1) is 30.7 Å². The Morgan fingerprint density at radius 1 is 1.03 bits per heavy atom. The predicted octanol–water partition coefficient (Wildman–Crippen LogP) is 5.00. The van der Waals surface area contributed by atoms with Crippen LogP contribution >= 0.6 is 11.6 Å². The van der Waals surface area contributed by atoms with E-state index in [1.165, 1.54) is 26.4 Å². The number of amides is 1. The minimum Gasteiger partial charge on any atom is -0.493 e. The van der Waals surface area contributed by atoms with E-state index in [2.05, 4.69) is 5.32 Å². The lowest BCUT2D eigenvalue weighted by Crippen LogP contribution is -2.30. The van der Waals surface area contributed by atoms with Crippen LogP contribution in [0.1, 0.15) is 27.5 Å². The van der Waals surface area contributed by atoms with Crippen molar-refractivity contribution in [2.75, 3.05) is 27.4 Å². The lowest BCUT2D eigenvalue weighted by atomic mass is 9.98. The van der Waals surface area contributed by atoms with Gasteiger partial charge in [0, 0.05) is 18.2 Å². The number of carbonyl (C=O) groups excluding carboxylic acids is 1. The van der Waals surface area contributed by atoms with Gasteiger partial charge in [0.15, 0.2) is 11.5 Å². The first-order valence-corrected chi connectivity index (χ1v) is 10.9. The lowest BCUT2D eigenvalue weighted by Gasteiger charge is -2.20. The molecule has 0 aliphatic heterocycles. The molecule has 0 heterocycles. The number of nitro benzene ring substituents is 1. The van der Waals surface area contributed by atoms with Crippen LogP contribution in [0.5, 0.6) is 11.5 Å². The first kappa shape index (κ1) is 25.0. The molecule has 0 spiro atoms. The van der Waals surface area contributed by atoms with Crippen molar-refractivity contribution in [2.45, 2.75) is 12.5 Å². The summed E-state index contributed by atoms with van der Waals surface area (Å²) in [6.45, 7) is 0.468. The van der Waals surface area contributed by atoms with E-state index in [0.29, 0.717) is 18.1 Å². The van der Waals surface area contributed by atoms with E-state index < -0.39 is 16.9 Å². The number of ether oxygens (including phenoxy) is 3. The average Bonchev–Trinajstić information content (AvgIpc) is 2.85. The van der Waals surface area contributed by atoms with E-state index in [4.69, 9.17) is 25.8 Å². The largest absolute Gasteiger partial charge is 0.493 e. The van der Waals surface area contributed by atoms with Gasteiger partial charge in [-0.2, -0.15) is 0 Å². The van der Waals surface area contributed by atoms with Crippen LogP contribution in [-0.2, 0) is 11.2 Å². The number of rotatable bonds is 11. The predicted molar refractivity (Wildman–Crippen MR) is 129 cm³/mol. The van der Waals surface area contributed by atoms with Crippen LogP contribution in [-0.4, -0.2) is 38.3 Å². The third-order valence-corrected chi connectivity index (χ3v) is 5.38. The number of nitrogens with one attached hydrogen (secondary N) is 1. The minimum atomic E-state index is -0.617. The van der Waals surface area contributed by atoms with Crippen LogP contribution in [0.4, 0.5) is 5.69 Å². The summed E-state index contributed by atoms with van der Waals surface area (Å²) < 4.78 is 15.8.